The van der Waals surface area contributed by atoms with Crippen LogP contribution in [0, 0.1) is 5.92 Å². The number of rotatable bonds is 4. The number of ether oxygens (including phenoxy) is 1. The molecule has 0 heterocycles. The smallest absolute Gasteiger partial charge is 0.318 e. The second-order valence-electron chi connectivity index (χ2n) is 4.21. The van der Waals surface area contributed by atoms with Gasteiger partial charge in [0.25, 0.3) is 5.91 Å². The summed E-state index contributed by atoms with van der Waals surface area (Å²) in [6, 6.07) is 3.72. The maximum Gasteiger partial charge on any atom is 0.318 e. The molecule has 3 amide bonds. The fourth-order valence-electron chi connectivity index (χ4n) is 1.39. The van der Waals surface area contributed by atoms with Gasteiger partial charge in [-0.3, -0.25) is 10.1 Å². The molecule has 0 aliphatic heterocycles. The van der Waals surface area contributed by atoms with Crippen molar-refractivity contribution in [3.8, 4) is 5.75 Å². The second-order valence-corrected chi connectivity index (χ2v) is 5.05. The van der Waals surface area contributed by atoms with Crippen LogP contribution in [0.15, 0.2) is 18.2 Å². The number of primary amides is 1. The van der Waals surface area contributed by atoms with Gasteiger partial charge in [-0.2, -0.15) is 0 Å². The van der Waals surface area contributed by atoms with Gasteiger partial charge in [-0.1, -0.05) is 37.0 Å². The van der Waals surface area contributed by atoms with Gasteiger partial charge in [-0.05, 0) is 24.1 Å². The zero-order valence-corrected chi connectivity index (χ0v) is 12.0. The highest BCUT2D eigenvalue weighted by atomic mass is 35.5. The molecule has 7 heteroatoms. The average molecular weight is 305 g/mol. The summed E-state index contributed by atoms with van der Waals surface area (Å²) in [4.78, 5) is 22.5. The SMILES string of the molecule is CC(C)[C@H](Oc1ccc(Cl)cc1Cl)C(=O)NC(N)=O. The molecule has 19 heavy (non-hydrogen) atoms. The van der Waals surface area contributed by atoms with Crippen molar-refractivity contribution in [1.29, 1.82) is 0 Å². The Balaban J connectivity index is 2.89. The maximum absolute atomic E-state index is 11.8. The van der Waals surface area contributed by atoms with E-state index >= 15 is 0 Å². The summed E-state index contributed by atoms with van der Waals surface area (Å²) in [5.41, 5.74) is 4.90. The van der Waals surface area contributed by atoms with Gasteiger partial charge in [0.05, 0.1) is 5.02 Å². The van der Waals surface area contributed by atoms with Gasteiger partial charge in [-0.25, -0.2) is 4.79 Å². The molecule has 1 rings (SSSR count). The summed E-state index contributed by atoms with van der Waals surface area (Å²) in [7, 11) is 0. The molecule has 0 fully saturated rings. The summed E-state index contributed by atoms with van der Waals surface area (Å²) in [5, 5.41) is 2.72. The first-order valence-corrected chi connectivity index (χ1v) is 6.29. The van der Waals surface area contributed by atoms with E-state index in [0.717, 1.165) is 0 Å². The summed E-state index contributed by atoms with van der Waals surface area (Å²) in [6.07, 6.45) is -0.883. The first kappa shape index (κ1) is 15.6. The number of halogens is 2. The van der Waals surface area contributed by atoms with Gasteiger partial charge in [0, 0.05) is 5.02 Å². The number of carbonyl (C=O) groups is 2. The third-order valence-corrected chi connectivity index (χ3v) is 2.79. The molecule has 0 saturated carbocycles. The lowest BCUT2D eigenvalue weighted by atomic mass is 10.1. The lowest BCUT2D eigenvalue weighted by molar-refractivity contribution is -0.128. The predicted octanol–water partition coefficient (Wildman–Crippen LogP) is 2.59. The van der Waals surface area contributed by atoms with Crippen molar-refractivity contribution in [3.05, 3.63) is 28.2 Å². The van der Waals surface area contributed by atoms with Gasteiger partial charge < -0.3 is 10.5 Å². The van der Waals surface area contributed by atoms with E-state index in [9.17, 15) is 9.59 Å². The minimum absolute atomic E-state index is 0.175. The summed E-state index contributed by atoms with van der Waals surface area (Å²) >= 11 is 11.7. The van der Waals surface area contributed by atoms with E-state index in [1.165, 1.54) is 6.07 Å². The zero-order chi connectivity index (χ0) is 14.6. The number of urea groups is 1. The molecule has 0 radical (unpaired) electrons. The molecule has 0 unspecified atom stereocenters. The van der Waals surface area contributed by atoms with Crippen LogP contribution in [0.25, 0.3) is 0 Å². The van der Waals surface area contributed by atoms with Crippen LogP contribution in [0.5, 0.6) is 5.75 Å². The molecule has 5 nitrogen and oxygen atoms in total. The number of nitrogens with two attached hydrogens (primary N) is 1. The Morgan fingerprint density at radius 1 is 1.32 bits per heavy atom. The van der Waals surface area contributed by atoms with E-state index in [1.807, 2.05) is 5.32 Å². The summed E-state index contributed by atoms with van der Waals surface area (Å²) in [5.74, 6) is -0.482. The molecular formula is C12H14Cl2N2O3. The summed E-state index contributed by atoms with van der Waals surface area (Å²) < 4.78 is 5.51. The molecule has 1 atom stereocenters. The molecule has 104 valence electrons. The number of benzene rings is 1. The van der Waals surface area contributed by atoms with Crippen LogP contribution in [-0.2, 0) is 4.79 Å². The standard InChI is InChI=1S/C12H14Cl2N2O3/c1-6(2)10(11(17)16-12(15)18)19-9-4-3-7(13)5-8(9)14/h3-6,10H,1-2H3,(H3,15,16,17,18)/t10-/m0/s1. The Morgan fingerprint density at radius 3 is 2.42 bits per heavy atom. The van der Waals surface area contributed by atoms with E-state index in [2.05, 4.69) is 0 Å². The van der Waals surface area contributed by atoms with E-state index in [4.69, 9.17) is 33.7 Å². The molecular weight excluding hydrogens is 291 g/mol. The molecule has 3 N–H and O–H groups in total. The highest BCUT2D eigenvalue weighted by Gasteiger charge is 2.26. The quantitative estimate of drug-likeness (QED) is 0.897. The second kappa shape index (κ2) is 6.63. The number of imide groups is 1. The number of nitrogens with one attached hydrogen (secondary N) is 1. The predicted molar refractivity (Wildman–Crippen MR) is 73.4 cm³/mol. The zero-order valence-electron chi connectivity index (χ0n) is 10.4. The first-order valence-electron chi connectivity index (χ1n) is 5.53. The number of hydrogen-bond donors (Lipinski definition) is 2. The molecule has 0 saturated heterocycles. The van der Waals surface area contributed by atoms with Crippen LogP contribution in [0.3, 0.4) is 0 Å². The van der Waals surface area contributed by atoms with Crippen LogP contribution in [0.1, 0.15) is 13.8 Å². The van der Waals surface area contributed by atoms with E-state index in [-0.39, 0.29) is 10.9 Å². The molecule has 0 aliphatic carbocycles. The molecule has 0 bridgehead atoms. The molecule has 0 aliphatic rings. The van der Waals surface area contributed by atoms with E-state index in [0.29, 0.717) is 10.8 Å². The minimum atomic E-state index is -0.929. The van der Waals surface area contributed by atoms with Crippen LogP contribution in [-0.4, -0.2) is 18.0 Å². The van der Waals surface area contributed by atoms with Crippen molar-refractivity contribution < 1.29 is 14.3 Å². The Morgan fingerprint density at radius 2 is 1.95 bits per heavy atom. The monoisotopic (exact) mass is 304 g/mol. The Labute approximate surface area is 121 Å². The Kier molecular flexibility index (Phi) is 5.44. The van der Waals surface area contributed by atoms with Crippen LogP contribution < -0.4 is 15.8 Å². The van der Waals surface area contributed by atoms with E-state index in [1.54, 1.807) is 26.0 Å². The third-order valence-electron chi connectivity index (χ3n) is 2.26. The molecule has 1 aromatic carbocycles. The average Bonchev–Trinajstić information content (AvgIpc) is 2.26. The Hall–Kier alpha value is -1.46. The highest BCUT2D eigenvalue weighted by molar-refractivity contribution is 6.35. The molecule has 1 aromatic rings. The minimum Gasteiger partial charge on any atom is -0.479 e. The fraction of sp³-hybridized carbons (Fsp3) is 0.333. The molecule has 0 aromatic heterocycles. The van der Waals surface area contributed by atoms with Gasteiger partial charge >= 0.3 is 6.03 Å². The number of amides is 3. The van der Waals surface area contributed by atoms with Gasteiger partial charge in [0.15, 0.2) is 6.10 Å². The van der Waals surface area contributed by atoms with Crippen molar-refractivity contribution in [3.63, 3.8) is 0 Å². The molecule has 0 spiro atoms. The van der Waals surface area contributed by atoms with Crippen LogP contribution in [0.4, 0.5) is 4.79 Å². The van der Waals surface area contributed by atoms with Crippen molar-refractivity contribution in [2.75, 3.05) is 0 Å². The van der Waals surface area contributed by atoms with Crippen molar-refractivity contribution in [1.82, 2.24) is 5.32 Å². The van der Waals surface area contributed by atoms with Crippen LogP contribution in [0.2, 0.25) is 10.0 Å². The number of carbonyl (C=O) groups excluding carboxylic acids is 2. The maximum atomic E-state index is 11.8. The van der Waals surface area contributed by atoms with Gasteiger partial charge in [0.2, 0.25) is 0 Å². The number of hydrogen-bond acceptors (Lipinski definition) is 3. The third kappa shape index (κ3) is 4.61. The van der Waals surface area contributed by atoms with Crippen molar-refractivity contribution >= 4 is 35.1 Å². The van der Waals surface area contributed by atoms with E-state index < -0.39 is 18.0 Å². The first-order chi connectivity index (χ1) is 8.81. The largest absolute Gasteiger partial charge is 0.479 e. The summed E-state index contributed by atoms with van der Waals surface area (Å²) in [6.45, 7) is 3.55. The lowest BCUT2D eigenvalue weighted by Crippen LogP contribution is -2.46. The fourth-order valence-corrected chi connectivity index (χ4v) is 1.85. The van der Waals surface area contributed by atoms with Gasteiger partial charge in [0.1, 0.15) is 5.75 Å². The van der Waals surface area contributed by atoms with Crippen molar-refractivity contribution in [2.45, 2.75) is 20.0 Å². The topological polar surface area (TPSA) is 81.4 Å². The lowest BCUT2D eigenvalue weighted by Gasteiger charge is -2.21. The Bertz CT molecular complexity index is 492. The van der Waals surface area contributed by atoms with Crippen LogP contribution >= 0.6 is 23.2 Å². The highest BCUT2D eigenvalue weighted by Crippen LogP contribution is 2.29. The van der Waals surface area contributed by atoms with Crippen molar-refractivity contribution in [2.24, 2.45) is 11.7 Å². The van der Waals surface area contributed by atoms with Gasteiger partial charge in [-0.15, -0.1) is 0 Å². The normalized spacial score (nSPS) is 12.1.